The zero-order chi connectivity index (χ0) is 12.9. The predicted octanol–water partition coefficient (Wildman–Crippen LogP) is 2.92. The lowest BCUT2D eigenvalue weighted by molar-refractivity contribution is 0.0283. The zero-order valence-corrected chi connectivity index (χ0v) is 11.2. The highest BCUT2D eigenvalue weighted by molar-refractivity contribution is 6.07. The molecule has 1 N–H and O–H groups in total. The molecule has 1 fully saturated rings. The molecule has 0 spiro atoms. The van der Waals surface area contributed by atoms with Gasteiger partial charge in [-0.1, -0.05) is 0 Å². The van der Waals surface area contributed by atoms with E-state index in [0.717, 1.165) is 25.0 Å². The molecule has 0 unspecified atom stereocenters. The van der Waals surface area contributed by atoms with Crippen molar-refractivity contribution >= 4 is 18.0 Å². The van der Waals surface area contributed by atoms with Gasteiger partial charge in [0.15, 0.2) is 0 Å². The monoisotopic (exact) mass is 262 g/mol. The maximum absolute atomic E-state index is 11.9. The summed E-state index contributed by atoms with van der Waals surface area (Å²) in [5.74, 6) is 0. The largest absolute Gasteiger partial charge is 0.443 e. The van der Waals surface area contributed by atoms with E-state index < -0.39 is 5.60 Å². The standard InChI is InChI=1S/C11H19ClN2O3/c1-11(2,3)16-10(15)14-7-5-4-6-9(14)8-13-17-12/h8,13H,4-7H2,1-3H3. The van der Waals surface area contributed by atoms with Gasteiger partial charge in [-0.2, -0.15) is 4.39 Å². The summed E-state index contributed by atoms with van der Waals surface area (Å²) >= 11 is 5.06. The Morgan fingerprint density at radius 1 is 1.47 bits per heavy atom. The fourth-order valence-corrected chi connectivity index (χ4v) is 1.67. The molecule has 1 heterocycles. The van der Waals surface area contributed by atoms with Crippen LogP contribution in [-0.4, -0.2) is 23.1 Å². The van der Waals surface area contributed by atoms with E-state index in [1.165, 1.54) is 0 Å². The van der Waals surface area contributed by atoms with Crippen molar-refractivity contribution in [2.24, 2.45) is 0 Å². The van der Waals surface area contributed by atoms with E-state index in [1.807, 2.05) is 20.8 Å². The topological polar surface area (TPSA) is 50.8 Å². The summed E-state index contributed by atoms with van der Waals surface area (Å²) < 4.78 is 9.57. The minimum atomic E-state index is -0.490. The molecule has 1 saturated heterocycles. The summed E-state index contributed by atoms with van der Waals surface area (Å²) in [5, 5.41) is 0. The van der Waals surface area contributed by atoms with Crippen molar-refractivity contribution in [1.82, 2.24) is 10.4 Å². The van der Waals surface area contributed by atoms with E-state index in [4.69, 9.17) is 16.6 Å². The molecule has 17 heavy (non-hydrogen) atoms. The summed E-state index contributed by atoms with van der Waals surface area (Å²) in [6.07, 6.45) is 4.05. The molecule has 1 aliphatic heterocycles. The van der Waals surface area contributed by atoms with E-state index in [2.05, 4.69) is 9.87 Å². The molecule has 1 aliphatic rings. The number of rotatable bonds is 2. The van der Waals surface area contributed by atoms with Crippen LogP contribution in [0.4, 0.5) is 4.79 Å². The van der Waals surface area contributed by atoms with Crippen LogP contribution in [0, 0.1) is 0 Å². The molecule has 98 valence electrons. The lowest BCUT2D eigenvalue weighted by Gasteiger charge is -2.31. The van der Waals surface area contributed by atoms with Crippen molar-refractivity contribution in [2.75, 3.05) is 6.54 Å². The van der Waals surface area contributed by atoms with Crippen LogP contribution < -0.4 is 5.48 Å². The van der Waals surface area contributed by atoms with E-state index in [9.17, 15) is 4.79 Å². The molecule has 0 aliphatic carbocycles. The predicted molar refractivity (Wildman–Crippen MR) is 64.9 cm³/mol. The number of hydrogen-bond donors (Lipinski definition) is 1. The number of nitrogens with one attached hydrogen (secondary N) is 1. The van der Waals surface area contributed by atoms with Crippen molar-refractivity contribution in [3.8, 4) is 0 Å². The first kappa shape index (κ1) is 14.1. The Morgan fingerprint density at radius 3 is 2.76 bits per heavy atom. The number of allylic oxidation sites excluding steroid dienone is 1. The summed E-state index contributed by atoms with van der Waals surface area (Å²) in [6.45, 7) is 6.19. The van der Waals surface area contributed by atoms with Crippen LogP contribution in [0.25, 0.3) is 0 Å². The number of carbonyl (C=O) groups excluding carboxylic acids is 1. The third-order valence-electron chi connectivity index (χ3n) is 2.30. The van der Waals surface area contributed by atoms with Gasteiger partial charge in [-0.05, 0) is 40.0 Å². The van der Waals surface area contributed by atoms with Crippen molar-refractivity contribution in [1.29, 1.82) is 0 Å². The van der Waals surface area contributed by atoms with Crippen molar-refractivity contribution in [3.05, 3.63) is 11.9 Å². The number of nitrogens with zero attached hydrogens (tertiary/aromatic N) is 1. The second-order valence-electron chi connectivity index (χ2n) is 4.92. The minimum Gasteiger partial charge on any atom is -0.443 e. The number of piperidine rings is 1. The van der Waals surface area contributed by atoms with Crippen molar-refractivity contribution in [3.63, 3.8) is 0 Å². The normalized spacial score (nSPS) is 19.3. The number of amides is 1. The number of hydrogen-bond acceptors (Lipinski definition) is 4. The van der Waals surface area contributed by atoms with Gasteiger partial charge >= 0.3 is 6.09 Å². The molecule has 0 radical (unpaired) electrons. The molecule has 0 bridgehead atoms. The van der Waals surface area contributed by atoms with Gasteiger partial charge in [0.25, 0.3) is 0 Å². The maximum Gasteiger partial charge on any atom is 0.414 e. The van der Waals surface area contributed by atoms with E-state index in [0.29, 0.717) is 6.54 Å². The van der Waals surface area contributed by atoms with Gasteiger partial charge in [0.1, 0.15) is 5.60 Å². The molecular formula is C11H19ClN2O3. The van der Waals surface area contributed by atoms with Crippen LogP contribution >= 0.6 is 11.9 Å². The highest BCUT2D eigenvalue weighted by Gasteiger charge is 2.26. The summed E-state index contributed by atoms with van der Waals surface area (Å²) in [7, 11) is 0. The Bertz CT molecular complexity index is 300. The molecular weight excluding hydrogens is 244 g/mol. The van der Waals surface area contributed by atoms with Gasteiger partial charge < -0.3 is 4.74 Å². The highest BCUT2D eigenvalue weighted by atomic mass is 35.5. The smallest absolute Gasteiger partial charge is 0.414 e. The third kappa shape index (κ3) is 4.83. The minimum absolute atomic E-state index is 0.333. The first-order valence-corrected chi connectivity index (χ1v) is 5.97. The number of carbonyl (C=O) groups is 1. The van der Waals surface area contributed by atoms with Crippen LogP contribution in [-0.2, 0) is 9.13 Å². The Hall–Kier alpha value is -0.940. The van der Waals surface area contributed by atoms with Crippen molar-refractivity contribution in [2.45, 2.75) is 45.6 Å². The zero-order valence-electron chi connectivity index (χ0n) is 10.5. The van der Waals surface area contributed by atoms with Gasteiger partial charge in [-0.25, -0.2) is 4.79 Å². The van der Waals surface area contributed by atoms with Gasteiger partial charge in [-0.3, -0.25) is 10.4 Å². The number of hydroxylamine groups is 1. The molecule has 6 heteroatoms. The van der Waals surface area contributed by atoms with Crippen LogP contribution in [0.15, 0.2) is 11.9 Å². The Morgan fingerprint density at radius 2 is 2.18 bits per heavy atom. The molecule has 0 aromatic carbocycles. The first-order chi connectivity index (χ1) is 7.94. The molecule has 1 amide bonds. The molecule has 0 aromatic rings. The second-order valence-corrected chi connectivity index (χ2v) is 5.07. The van der Waals surface area contributed by atoms with Crippen molar-refractivity contribution < 1.29 is 13.9 Å². The summed E-state index contributed by atoms with van der Waals surface area (Å²) in [6, 6.07) is 0. The van der Waals surface area contributed by atoms with Gasteiger partial charge in [0.2, 0.25) is 0 Å². The number of halogens is 1. The Kier molecular flexibility index (Phi) is 5.08. The molecule has 0 atom stereocenters. The average molecular weight is 263 g/mol. The number of ether oxygens (including phenoxy) is 1. The van der Waals surface area contributed by atoms with Crippen LogP contribution in [0.1, 0.15) is 40.0 Å². The fraction of sp³-hybridized carbons (Fsp3) is 0.727. The Labute approximate surface area is 107 Å². The Balaban J connectivity index is 2.67. The fourth-order valence-electron chi connectivity index (χ4n) is 1.62. The molecule has 5 nitrogen and oxygen atoms in total. The highest BCUT2D eigenvalue weighted by Crippen LogP contribution is 2.22. The lowest BCUT2D eigenvalue weighted by Crippen LogP contribution is -2.39. The van der Waals surface area contributed by atoms with Crippen LogP contribution in [0.2, 0.25) is 0 Å². The lowest BCUT2D eigenvalue weighted by atomic mass is 10.1. The van der Waals surface area contributed by atoms with Gasteiger partial charge in [0, 0.05) is 18.4 Å². The van der Waals surface area contributed by atoms with E-state index in [1.54, 1.807) is 11.1 Å². The van der Waals surface area contributed by atoms with Gasteiger partial charge in [-0.15, -0.1) is 0 Å². The maximum atomic E-state index is 11.9. The third-order valence-corrected chi connectivity index (χ3v) is 2.38. The summed E-state index contributed by atoms with van der Waals surface area (Å²) in [4.78, 5) is 13.6. The van der Waals surface area contributed by atoms with Gasteiger partial charge in [0.05, 0.1) is 11.9 Å². The van der Waals surface area contributed by atoms with E-state index >= 15 is 0 Å². The molecule has 0 aromatic heterocycles. The SMILES string of the molecule is CC(C)(C)OC(=O)N1CCCCC1=CNOCl. The van der Waals surface area contributed by atoms with Crippen LogP contribution in [0.5, 0.6) is 0 Å². The quantitative estimate of drug-likeness (QED) is 0.778. The second kappa shape index (κ2) is 6.12. The van der Waals surface area contributed by atoms with Crippen LogP contribution in [0.3, 0.4) is 0 Å². The summed E-state index contributed by atoms with van der Waals surface area (Å²) in [5.41, 5.74) is 2.75. The van der Waals surface area contributed by atoms with E-state index in [-0.39, 0.29) is 6.09 Å². The first-order valence-electron chi connectivity index (χ1n) is 5.67. The number of likely N-dealkylation sites (tertiary alicyclic amines) is 1. The molecule has 0 saturated carbocycles. The molecule has 1 rings (SSSR count). The average Bonchev–Trinajstić information content (AvgIpc) is 2.24.